The van der Waals surface area contributed by atoms with Crippen LogP contribution in [-0.4, -0.2) is 10.7 Å². The summed E-state index contributed by atoms with van der Waals surface area (Å²) in [4.78, 5) is 0. The molecule has 0 amide bonds. The standard InChI is InChI=1S/C9H12N2O/c1-8(2)7(9(8,3)12)6(4-10)5-11/h6-7,12H,1-3H3/t7-,9+/m0/s1. The van der Waals surface area contributed by atoms with Crippen molar-refractivity contribution in [3.05, 3.63) is 0 Å². The average Bonchev–Trinajstić information content (AvgIpc) is 2.34. The monoisotopic (exact) mass is 164 g/mol. The second-order valence-electron chi connectivity index (χ2n) is 4.08. The van der Waals surface area contributed by atoms with Crippen LogP contribution in [0.25, 0.3) is 0 Å². The predicted molar refractivity (Wildman–Crippen MR) is 42.6 cm³/mol. The Morgan fingerprint density at radius 1 is 1.25 bits per heavy atom. The molecule has 12 heavy (non-hydrogen) atoms. The molecule has 1 aliphatic carbocycles. The van der Waals surface area contributed by atoms with Gasteiger partial charge in [-0.05, 0) is 6.92 Å². The van der Waals surface area contributed by atoms with Crippen molar-refractivity contribution in [1.29, 1.82) is 10.5 Å². The van der Waals surface area contributed by atoms with E-state index >= 15 is 0 Å². The highest BCUT2D eigenvalue weighted by atomic mass is 16.3. The maximum atomic E-state index is 9.75. The summed E-state index contributed by atoms with van der Waals surface area (Å²) in [6.07, 6.45) is 0. The number of rotatable bonds is 1. The maximum absolute atomic E-state index is 9.75. The minimum absolute atomic E-state index is 0.208. The SMILES string of the molecule is CC1(C)[C@H](C(C#N)C#N)[C@@]1(C)O. The van der Waals surface area contributed by atoms with E-state index in [4.69, 9.17) is 10.5 Å². The highest BCUT2D eigenvalue weighted by Crippen LogP contribution is 2.64. The fourth-order valence-corrected chi connectivity index (χ4v) is 1.92. The van der Waals surface area contributed by atoms with Gasteiger partial charge in [-0.25, -0.2) is 0 Å². The van der Waals surface area contributed by atoms with Crippen molar-refractivity contribution >= 4 is 0 Å². The van der Waals surface area contributed by atoms with E-state index < -0.39 is 11.5 Å². The Morgan fingerprint density at radius 3 is 1.67 bits per heavy atom. The number of aliphatic hydroxyl groups is 1. The molecule has 2 atom stereocenters. The van der Waals surface area contributed by atoms with Crippen LogP contribution in [0, 0.1) is 39.9 Å². The molecular weight excluding hydrogens is 152 g/mol. The van der Waals surface area contributed by atoms with Crippen molar-refractivity contribution in [3.8, 4) is 12.1 Å². The van der Waals surface area contributed by atoms with Gasteiger partial charge in [-0.3, -0.25) is 0 Å². The first-order chi connectivity index (χ1) is 5.39. The van der Waals surface area contributed by atoms with E-state index in [2.05, 4.69) is 0 Å². The molecule has 0 radical (unpaired) electrons. The Balaban J connectivity index is 2.86. The highest BCUT2D eigenvalue weighted by Gasteiger charge is 2.70. The van der Waals surface area contributed by atoms with Crippen LogP contribution >= 0.6 is 0 Å². The molecule has 0 aromatic rings. The van der Waals surface area contributed by atoms with Gasteiger partial charge in [-0.2, -0.15) is 10.5 Å². The Kier molecular flexibility index (Phi) is 1.67. The topological polar surface area (TPSA) is 67.8 Å². The fourth-order valence-electron chi connectivity index (χ4n) is 1.92. The smallest absolute Gasteiger partial charge is 0.139 e. The zero-order valence-corrected chi connectivity index (χ0v) is 7.50. The van der Waals surface area contributed by atoms with Crippen molar-refractivity contribution < 1.29 is 5.11 Å². The van der Waals surface area contributed by atoms with Crippen LogP contribution in [0.2, 0.25) is 0 Å². The molecule has 0 aromatic carbocycles. The molecule has 3 nitrogen and oxygen atoms in total. The van der Waals surface area contributed by atoms with Gasteiger partial charge >= 0.3 is 0 Å². The van der Waals surface area contributed by atoms with Crippen LogP contribution in [0.15, 0.2) is 0 Å². The highest BCUT2D eigenvalue weighted by molar-refractivity contribution is 5.25. The molecule has 1 rings (SSSR count). The summed E-state index contributed by atoms with van der Waals surface area (Å²) in [6.45, 7) is 5.43. The lowest BCUT2D eigenvalue weighted by Crippen LogP contribution is -2.11. The lowest BCUT2D eigenvalue weighted by Gasteiger charge is -2.03. The van der Waals surface area contributed by atoms with Crippen molar-refractivity contribution in [2.75, 3.05) is 0 Å². The molecule has 1 N–H and O–H groups in total. The van der Waals surface area contributed by atoms with Gasteiger partial charge in [0.15, 0.2) is 0 Å². The largest absolute Gasteiger partial charge is 0.389 e. The maximum Gasteiger partial charge on any atom is 0.139 e. The van der Waals surface area contributed by atoms with Crippen LogP contribution in [-0.2, 0) is 0 Å². The van der Waals surface area contributed by atoms with Gasteiger partial charge in [0.05, 0.1) is 17.7 Å². The lowest BCUT2D eigenvalue weighted by molar-refractivity contribution is 0.119. The average molecular weight is 164 g/mol. The van der Waals surface area contributed by atoms with Gasteiger partial charge in [0.2, 0.25) is 0 Å². The molecule has 0 aromatic heterocycles. The molecule has 0 heterocycles. The van der Waals surface area contributed by atoms with Gasteiger partial charge < -0.3 is 5.11 Å². The van der Waals surface area contributed by atoms with E-state index in [1.54, 1.807) is 6.92 Å². The van der Waals surface area contributed by atoms with E-state index in [0.29, 0.717) is 0 Å². The van der Waals surface area contributed by atoms with E-state index in [1.165, 1.54) is 0 Å². The first-order valence-electron chi connectivity index (χ1n) is 3.91. The molecule has 0 bridgehead atoms. The van der Waals surface area contributed by atoms with Gasteiger partial charge in [0, 0.05) is 11.3 Å². The molecular formula is C9H12N2O. The first-order valence-corrected chi connectivity index (χ1v) is 3.91. The quantitative estimate of drug-likeness (QED) is 0.630. The van der Waals surface area contributed by atoms with Crippen LogP contribution in [0.4, 0.5) is 0 Å². The second-order valence-corrected chi connectivity index (χ2v) is 4.08. The van der Waals surface area contributed by atoms with Gasteiger partial charge in [0.1, 0.15) is 5.92 Å². The lowest BCUT2D eigenvalue weighted by atomic mass is 10.0. The van der Waals surface area contributed by atoms with Crippen molar-refractivity contribution in [1.82, 2.24) is 0 Å². The molecule has 1 saturated carbocycles. The third kappa shape index (κ3) is 0.838. The van der Waals surface area contributed by atoms with E-state index in [9.17, 15) is 5.11 Å². The Labute approximate surface area is 72.2 Å². The molecule has 0 saturated heterocycles. The number of nitriles is 2. The van der Waals surface area contributed by atoms with Crippen LogP contribution in [0.1, 0.15) is 20.8 Å². The van der Waals surface area contributed by atoms with Crippen molar-refractivity contribution in [2.24, 2.45) is 17.3 Å². The first kappa shape index (κ1) is 9.03. The van der Waals surface area contributed by atoms with Gasteiger partial charge in [0.25, 0.3) is 0 Å². The molecule has 3 heteroatoms. The zero-order chi connectivity index (χ0) is 9.57. The third-order valence-electron chi connectivity index (χ3n) is 3.22. The minimum Gasteiger partial charge on any atom is -0.389 e. The summed E-state index contributed by atoms with van der Waals surface area (Å²) in [5.74, 6) is -0.894. The van der Waals surface area contributed by atoms with Crippen molar-refractivity contribution in [2.45, 2.75) is 26.4 Å². The Bertz CT molecular complexity index is 252. The number of nitrogens with zero attached hydrogens (tertiary/aromatic N) is 2. The van der Waals surface area contributed by atoms with E-state index in [0.717, 1.165) is 0 Å². The summed E-state index contributed by atoms with van der Waals surface area (Å²) < 4.78 is 0. The number of hydrogen-bond acceptors (Lipinski definition) is 3. The van der Waals surface area contributed by atoms with Crippen LogP contribution in [0.5, 0.6) is 0 Å². The van der Waals surface area contributed by atoms with E-state index in [1.807, 2.05) is 26.0 Å². The third-order valence-corrected chi connectivity index (χ3v) is 3.22. The molecule has 64 valence electrons. The normalized spacial score (nSPS) is 37.1. The summed E-state index contributed by atoms with van der Waals surface area (Å²) in [6, 6.07) is 3.81. The second kappa shape index (κ2) is 2.21. The molecule has 0 aliphatic heterocycles. The Hall–Kier alpha value is -1.06. The summed E-state index contributed by atoms with van der Waals surface area (Å²) >= 11 is 0. The minimum atomic E-state index is -0.858. The molecule has 1 aliphatic rings. The van der Waals surface area contributed by atoms with Crippen molar-refractivity contribution in [3.63, 3.8) is 0 Å². The Morgan fingerprint density at radius 2 is 1.58 bits per heavy atom. The summed E-state index contributed by atoms with van der Waals surface area (Å²) in [5.41, 5.74) is -1.16. The van der Waals surface area contributed by atoms with Gasteiger partial charge in [-0.1, -0.05) is 13.8 Å². The molecule has 1 fully saturated rings. The predicted octanol–water partition coefficient (Wildman–Crippen LogP) is 1.06. The van der Waals surface area contributed by atoms with Crippen LogP contribution in [0.3, 0.4) is 0 Å². The van der Waals surface area contributed by atoms with E-state index in [-0.39, 0.29) is 11.3 Å². The fraction of sp³-hybridized carbons (Fsp3) is 0.778. The molecule has 0 spiro atoms. The summed E-state index contributed by atoms with van der Waals surface area (Å²) in [7, 11) is 0. The summed E-state index contributed by atoms with van der Waals surface area (Å²) in [5, 5.41) is 27.0. The zero-order valence-electron chi connectivity index (χ0n) is 7.50. The number of hydrogen-bond donors (Lipinski definition) is 1. The molecule has 0 unspecified atom stereocenters. The van der Waals surface area contributed by atoms with Gasteiger partial charge in [-0.15, -0.1) is 0 Å². The van der Waals surface area contributed by atoms with Crippen LogP contribution < -0.4 is 0 Å².